The highest BCUT2D eigenvalue weighted by molar-refractivity contribution is 7.99. The predicted molar refractivity (Wildman–Crippen MR) is 85.2 cm³/mol. The molecular formula is C14H14ClN3O2S. The topological polar surface area (TPSA) is 68.1 Å². The van der Waals surface area contributed by atoms with Gasteiger partial charge in [-0.1, -0.05) is 30.3 Å². The lowest BCUT2D eigenvalue weighted by Gasteiger charge is -2.08. The number of nitrogens with zero attached hydrogens (tertiary/aromatic N) is 2. The average molecular weight is 324 g/mol. The molecule has 1 heterocycles. The Morgan fingerprint density at radius 1 is 1.43 bits per heavy atom. The summed E-state index contributed by atoms with van der Waals surface area (Å²) >= 11 is 7.37. The third kappa shape index (κ3) is 4.34. The number of halogens is 1. The van der Waals surface area contributed by atoms with Gasteiger partial charge in [-0.25, -0.2) is 4.98 Å². The number of aromatic nitrogens is 1. The van der Waals surface area contributed by atoms with Crippen molar-refractivity contribution in [3.8, 4) is 0 Å². The molecule has 0 fully saturated rings. The van der Waals surface area contributed by atoms with Crippen molar-refractivity contribution >= 4 is 34.7 Å². The predicted octanol–water partition coefficient (Wildman–Crippen LogP) is 4.62. The van der Waals surface area contributed by atoms with E-state index in [0.717, 1.165) is 23.5 Å². The van der Waals surface area contributed by atoms with Crippen molar-refractivity contribution in [3.63, 3.8) is 0 Å². The molecule has 0 aliphatic heterocycles. The van der Waals surface area contributed by atoms with Crippen LogP contribution >= 0.6 is 23.4 Å². The lowest BCUT2D eigenvalue weighted by Crippen LogP contribution is -2.00. The summed E-state index contributed by atoms with van der Waals surface area (Å²) in [5.74, 6) is 0. The van der Waals surface area contributed by atoms with Gasteiger partial charge < -0.3 is 5.32 Å². The van der Waals surface area contributed by atoms with E-state index < -0.39 is 4.92 Å². The summed E-state index contributed by atoms with van der Waals surface area (Å²) in [6.45, 7) is 2.79. The van der Waals surface area contributed by atoms with E-state index in [1.165, 1.54) is 23.9 Å². The van der Waals surface area contributed by atoms with E-state index in [0.29, 0.717) is 10.0 Å². The summed E-state index contributed by atoms with van der Waals surface area (Å²) in [5.41, 5.74) is 0.770. The first-order chi connectivity index (χ1) is 10.1. The van der Waals surface area contributed by atoms with E-state index in [-0.39, 0.29) is 5.69 Å². The van der Waals surface area contributed by atoms with E-state index in [1.54, 1.807) is 18.3 Å². The Morgan fingerprint density at radius 3 is 2.90 bits per heavy atom. The Balaban J connectivity index is 2.31. The first kappa shape index (κ1) is 15.6. The monoisotopic (exact) mass is 323 g/mol. The molecule has 1 aromatic heterocycles. The SMILES string of the molecule is CCCNc1cc(Sc2ncccc2Cl)cc([N+](=O)[O-])c1. The second-order valence-corrected chi connectivity index (χ2v) is 5.76. The maximum atomic E-state index is 11.0. The highest BCUT2D eigenvalue weighted by atomic mass is 35.5. The van der Waals surface area contributed by atoms with Gasteiger partial charge in [-0.2, -0.15) is 0 Å². The Morgan fingerprint density at radius 2 is 2.24 bits per heavy atom. The molecule has 0 atom stereocenters. The van der Waals surface area contributed by atoms with Gasteiger partial charge in [0, 0.05) is 35.5 Å². The van der Waals surface area contributed by atoms with Crippen LogP contribution in [0.2, 0.25) is 5.02 Å². The summed E-state index contributed by atoms with van der Waals surface area (Å²) in [6, 6.07) is 8.39. The van der Waals surface area contributed by atoms with Crippen LogP contribution in [0.5, 0.6) is 0 Å². The van der Waals surface area contributed by atoms with Gasteiger partial charge in [0.1, 0.15) is 5.03 Å². The Kier molecular flexibility index (Phi) is 5.41. The van der Waals surface area contributed by atoms with Gasteiger partial charge in [0.25, 0.3) is 5.69 Å². The number of nitro benzene ring substituents is 1. The van der Waals surface area contributed by atoms with Gasteiger partial charge in [0.2, 0.25) is 0 Å². The molecule has 0 amide bonds. The number of anilines is 1. The van der Waals surface area contributed by atoms with Gasteiger partial charge in [0.05, 0.1) is 9.95 Å². The third-order valence-electron chi connectivity index (χ3n) is 2.62. The molecule has 0 bridgehead atoms. The fourth-order valence-corrected chi connectivity index (χ4v) is 2.78. The fraction of sp³-hybridized carbons (Fsp3) is 0.214. The quantitative estimate of drug-likeness (QED) is 0.620. The molecule has 2 rings (SSSR count). The molecule has 0 unspecified atom stereocenters. The molecule has 5 nitrogen and oxygen atoms in total. The van der Waals surface area contributed by atoms with Crippen molar-refractivity contribution in [2.45, 2.75) is 23.3 Å². The van der Waals surface area contributed by atoms with Crippen LogP contribution in [0.25, 0.3) is 0 Å². The van der Waals surface area contributed by atoms with Crippen molar-refractivity contribution in [2.24, 2.45) is 0 Å². The summed E-state index contributed by atoms with van der Waals surface area (Å²) in [5, 5.41) is 15.3. The second-order valence-electron chi connectivity index (χ2n) is 4.29. The van der Waals surface area contributed by atoms with E-state index in [1.807, 2.05) is 13.0 Å². The zero-order chi connectivity index (χ0) is 15.2. The van der Waals surface area contributed by atoms with Crippen LogP contribution in [0.1, 0.15) is 13.3 Å². The Bertz CT molecular complexity index is 652. The fourth-order valence-electron chi connectivity index (χ4n) is 1.68. The van der Waals surface area contributed by atoms with E-state index in [4.69, 9.17) is 11.6 Å². The van der Waals surface area contributed by atoms with Crippen molar-refractivity contribution < 1.29 is 4.92 Å². The maximum absolute atomic E-state index is 11.0. The maximum Gasteiger partial charge on any atom is 0.272 e. The van der Waals surface area contributed by atoms with Gasteiger partial charge in [-0.05, 0) is 24.6 Å². The normalized spacial score (nSPS) is 10.4. The zero-order valence-electron chi connectivity index (χ0n) is 11.4. The molecule has 1 N–H and O–H groups in total. The summed E-state index contributed by atoms with van der Waals surface area (Å²) in [6.07, 6.45) is 2.58. The largest absolute Gasteiger partial charge is 0.385 e. The molecule has 7 heteroatoms. The van der Waals surface area contributed by atoms with Gasteiger partial charge in [-0.15, -0.1) is 0 Å². The molecule has 0 aliphatic carbocycles. The minimum atomic E-state index is -0.402. The Hall–Kier alpha value is -1.79. The first-order valence-electron chi connectivity index (χ1n) is 6.42. The van der Waals surface area contributed by atoms with Gasteiger partial charge in [0.15, 0.2) is 0 Å². The van der Waals surface area contributed by atoms with Crippen LogP contribution in [0.15, 0.2) is 46.5 Å². The van der Waals surface area contributed by atoms with Crippen LogP contribution in [0.4, 0.5) is 11.4 Å². The van der Waals surface area contributed by atoms with Gasteiger partial charge >= 0.3 is 0 Å². The highest BCUT2D eigenvalue weighted by Crippen LogP contribution is 2.35. The molecule has 110 valence electrons. The van der Waals surface area contributed by atoms with Crippen LogP contribution in [0.3, 0.4) is 0 Å². The summed E-state index contributed by atoms with van der Waals surface area (Å²) in [7, 11) is 0. The number of benzene rings is 1. The minimum absolute atomic E-state index is 0.0469. The number of non-ortho nitro benzene ring substituents is 1. The lowest BCUT2D eigenvalue weighted by molar-refractivity contribution is -0.385. The van der Waals surface area contributed by atoms with E-state index in [2.05, 4.69) is 10.3 Å². The number of nitro groups is 1. The summed E-state index contributed by atoms with van der Waals surface area (Å²) < 4.78 is 0. The van der Waals surface area contributed by atoms with Crippen molar-refractivity contribution in [1.82, 2.24) is 4.98 Å². The van der Waals surface area contributed by atoms with Crippen molar-refractivity contribution in [1.29, 1.82) is 0 Å². The molecule has 0 radical (unpaired) electrons. The summed E-state index contributed by atoms with van der Waals surface area (Å²) in [4.78, 5) is 15.5. The van der Waals surface area contributed by atoms with Crippen LogP contribution in [-0.4, -0.2) is 16.5 Å². The molecule has 2 aromatic rings. The second kappa shape index (κ2) is 7.28. The molecule has 0 saturated heterocycles. The zero-order valence-corrected chi connectivity index (χ0v) is 12.9. The molecule has 0 aliphatic rings. The lowest BCUT2D eigenvalue weighted by atomic mass is 10.2. The smallest absolute Gasteiger partial charge is 0.272 e. The number of rotatable bonds is 6. The molecule has 21 heavy (non-hydrogen) atoms. The average Bonchev–Trinajstić information content (AvgIpc) is 2.47. The van der Waals surface area contributed by atoms with E-state index in [9.17, 15) is 10.1 Å². The Labute approximate surface area is 131 Å². The third-order valence-corrected chi connectivity index (χ3v) is 4.03. The minimum Gasteiger partial charge on any atom is -0.385 e. The highest BCUT2D eigenvalue weighted by Gasteiger charge is 2.12. The van der Waals surface area contributed by atoms with Crippen molar-refractivity contribution in [2.75, 3.05) is 11.9 Å². The van der Waals surface area contributed by atoms with Crippen LogP contribution in [-0.2, 0) is 0 Å². The standard InChI is InChI=1S/C14H14ClN3O2S/c1-2-5-16-10-7-11(18(19)20)9-12(8-10)21-14-13(15)4-3-6-17-14/h3-4,6-9,16H,2,5H2,1H3. The van der Waals surface area contributed by atoms with Crippen LogP contribution in [0, 0.1) is 10.1 Å². The van der Waals surface area contributed by atoms with E-state index >= 15 is 0 Å². The number of nitrogens with one attached hydrogen (secondary N) is 1. The number of hydrogen-bond donors (Lipinski definition) is 1. The molecule has 0 saturated carbocycles. The molecular weight excluding hydrogens is 310 g/mol. The van der Waals surface area contributed by atoms with Crippen molar-refractivity contribution in [3.05, 3.63) is 51.7 Å². The first-order valence-corrected chi connectivity index (χ1v) is 7.61. The molecule has 0 spiro atoms. The number of hydrogen-bond acceptors (Lipinski definition) is 5. The molecule has 1 aromatic carbocycles. The van der Waals surface area contributed by atoms with Gasteiger partial charge in [-0.3, -0.25) is 10.1 Å². The van der Waals surface area contributed by atoms with Crippen LogP contribution < -0.4 is 5.32 Å². The number of pyridine rings is 1.